The molecule has 2 rings (SSSR count). The molecule has 1 aromatic rings. The molecule has 1 aliphatic heterocycles. The molecule has 0 spiro atoms. The lowest BCUT2D eigenvalue weighted by atomic mass is 9.98. The molecule has 0 bridgehead atoms. The van der Waals surface area contributed by atoms with Gasteiger partial charge in [-0.1, -0.05) is 12.1 Å². The number of aryl methyl sites for hydroxylation is 2. The normalized spacial score (nSPS) is 14.3. The Hall–Kier alpha value is -1.39. The van der Waals surface area contributed by atoms with E-state index in [2.05, 4.69) is 22.3 Å². The molecule has 1 aromatic carbocycles. The smallest absolute Gasteiger partial charge is 0.224 e. The molecule has 17 heavy (non-hydrogen) atoms. The minimum absolute atomic E-state index is 0.116. The van der Waals surface area contributed by atoms with Crippen LogP contribution in [-0.4, -0.2) is 12.5 Å². The van der Waals surface area contributed by atoms with Crippen molar-refractivity contribution in [3.05, 3.63) is 29.3 Å². The lowest BCUT2D eigenvalue weighted by Gasteiger charge is -2.17. The van der Waals surface area contributed by atoms with Crippen LogP contribution in [0.4, 0.5) is 5.69 Å². The highest BCUT2D eigenvalue weighted by Crippen LogP contribution is 2.24. The highest BCUT2D eigenvalue weighted by Gasteiger charge is 2.14. The molecular formula is C13H18N2O2. The molecule has 1 heterocycles. The molecule has 0 fully saturated rings. The van der Waals surface area contributed by atoms with E-state index in [4.69, 9.17) is 5.90 Å². The Balaban J connectivity index is 1.94. The number of anilines is 1. The van der Waals surface area contributed by atoms with Gasteiger partial charge in [-0.2, -0.15) is 0 Å². The summed E-state index contributed by atoms with van der Waals surface area (Å²) in [6.07, 6.45) is 4.52. The van der Waals surface area contributed by atoms with Gasteiger partial charge in [0, 0.05) is 12.1 Å². The van der Waals surface area contributed by atoms with E-state index in [1.165, 1.54) is 11.1 Å². The average molecular weight is 234 g/mol. The lowest BCUT2D eigenvalue weighted by molar-refractivity contribution is -0.116. The second-order valence-electron chi connectivity index (χ2n) is 4.37. The maximum Gasteiger partial charge on any atom is 0.224 e. The number of nitrogens with two attached hydrogens (primary N) is 1. The number of fused-ring (bicyclic) bond motifs is 1. The van der Waals surface area contributed by atoms with Crippen molar-refractivity contribution in [2.24, 2.45) is 5.90 Å². The SMILES string of the molecule is NOCCCCc1ccc2c(c1)CCC(=O)N2. The Kier molecular flexibility index (Phi) is 4.12. The highest BCUT2D eigenvalue weighted by atomic mass is 16.6. The molecule has 0 saturated carbocycles. The molecule has 4 nitrogen and oxygen atoms in total. The van der Waals surface area contributed by atoms with Crippen LogP contribution in [0.3, 0.4) is 0 Å². The summed E-state index contributed by atoms with van der Waals surface area (Å²) in [6, 6.07) is 6.27. The zero-order valence-electron chi connectivity index (χ0n) is 9.87. The third kappa shape index (κ3) is 3.28. The summed E-state index contributed by atoms with van der Waals surface area (Å²) in [4.78, 5) is 15.8. The number of amides is 1. The Bertz CT molecular complexity index is 404. The van der Waals surface area contributed by atoms with Gasteiger partial charge in [0.05, 0.1) is 6.61 Å². The minimum Gasteiger partial charge on any atom is -0.326 e. The van der Waals surface area contributed by atoms with Crippen LogP contribution in [-0.2, 0) is 22.5 Å². The van der Waals surface area contributed by atoms with Crippen molar-refractivity contribution >= 4 is 11.6 Å². The van der Waals surface area contributed by atoms with Gasteiger partial charge in [-0.25, -0.2) is 5.90 Å². The van der Waals surface area contributed by atoms with Crippen LogP contribution in [0.15, 0.2) is 18.2 Å². The summed E-state index contributed by atoms with van der Waals surface area (Å²) in [5.41, 5.74) is 3.53. The third-order valence-electron chi connectivity index (χ3n) is 3.04. The maximum atomic E-state index is 11.2. The van der Waals surface area contributed by atoms with E-state index in [1.807, 2.05) is 6.07 Å². The van der Waals surface area contributed by atoms with E-state index in [0.717, 1.165) is 31.4 Å². The molecule has 1 amide bonds. The fourth-order valence-corrected chi connectivity index (χ4v) is 2.11. The third-order valence-corrected chi connectivity index (χ3v) is 3.04. The largest absolute Gasteiger partial charge is 0.326 e. The fraction of sp³-hybridized carbons (Fsp3) is 0.462. The number of hydrogen-bond acceptors (Lipinski definition) is 3. The van der Waals surface area contributed by atoms with E-state index in [0.29, 0.717) is 13.0 Å². The molecule has 0 unspecified atom stereocenters. The number of hydrogen-bond donors (Lipinski definition) is 2. The van der Waals surface area contributed by atoms with E-state index in [1.54, 1.807) is 0 Å². The average Bonchev–Trinajstić information content (AvgIpc) is 2.35. The molecule has 3 N–H and O–H groups in total. The number of rotatable bonds is 5. The Morgan fingerprint density at radius 3 is 3.00 bits per heavy atom. The van der Waals surface area contributed by atoms with E-state index in [9.17, 15) is 4.79 Å². The van der Waals surface area contributed by atoms with Crippen LogP contribution >= 0.6 is 0 Å². The molecule has 0 radical (unpaired) electrons. The standard InChI is InChI=1S/C13H18N2O2/c14-17-8-2-1-3-10-4-6-12-11(9-10)5-7-13(16)15-12/h4,6,9H,1-3,5,7-8,14H2,(H,15,16). The van der Waals surface area contributed by atoms with Crippen LogP contribution in [0, 0.1) is 0 Å². The van der Waals surface area contributed by atoms with Crippen LogP contribution in [0.1, 0.15) is 30.4 Å². The van der Waals surface area contributed by atoms with Crippen LogP contribution in [0.2, 0.25) is 0 Å². The fourth-order valence-electron chi connectivity index (χ4n) is 2.11. The summed E-state index contributed by atoms with van der Waals surface area (Å²) in [7, 11) is 0. The van der Waals surface area contributed by atoms with Crippen LogP contribution < -0.4 is 11.2 Å². The van der Waals surface area contributed by atoms with Crippen LogP contribution in [0.5, 0.6) is 0 Å². The van der Waals surface area contributed by atoms with Crippen molar-refractivity contribution in [2.75, 3.05) is 11.9 Å². The molecular weight excluding hydrogens is 216 g/mol. The topological polar surface area (TPSA) is 64.3 Å². The molecule has 0 saturated heterocycles. The first-order chi connectivity index (χ1) is 8.29. The van der Waals surface area contributed by atoms with Crippen molar-refractivity contribution in [3.8, 4) is 0 Å². The number of nitrogens with one attached hydrogen (secondary N) is 1. The lowest BCUT2D eigenvalue weighted by Crippen LogP contribution is -2.18. The van der Waals surface area contributed by atoms with E-state index in [-0.39, 0.29) is 5.91 Å². The second kappa shape index (κ2) is 5.80. The Morgan fingerprint density at radius 2 is 2.18 bits per heavy atom. The van der Waals surface area contributed by atoms with Crippen molar-refractivity contribution in [1.82, 2.24) is 0 Å². The molecule has 4 heteroatoms. The first kappa shape index (κ1) is 12.1. The predicted molar refractivity (Wildman–Crippen MR) is 66.5 cm³/mol. The van der Waals surface area contributed by atoms with Gasteiger partial charge in [-0.3, -0.25) is 4.79 Å². The molecule has 0 aromatic heterocycles. The quantitative estimate of drug-likeness (QED) is 0.603. The Labute approximate surface area is 101 Å². The van der Waals surface area contributed by atoms with Crippen molar-refractivity contribution < 1.29 is 9.63 Å². The molecule has 0 aliphatic carbocycles. The van der Waals surface area contributed by atoms with Gasteiger partial charge in [-0.05, 0) is 42.9 Å². The van der Waals surface area contributed by atoms with Gasteiger partial charge >= 0.3 is 0 Å². The summed E-state index contributed by atoms with van der Waals surface area (Å²) >= 11 is 0. The Morgan fingerprint density at radius 1 is 1.29 bits per heavy atom. The van der Waals surface area contributed by atoms with Gasteiger partial charge in [0.15, 0.2) is 0 Å². The van der Waals surface area contributed by atoms with Gasteiger partial charge in [0.1, 0.15) is 0 Å². The molecule has 1 aliphatic rings. The number of benzene rings is 1. The van der Waals surface area contributed by atoms with Crippen molar-refractivity contribution in [2.45, 2.75) is 32.1 Å². The highest BCUT2D eigenvalue weighted by molar-refractivity contribution is 5.93. The first-order valence-corrected chi connectivity index (χ1v) is 6.03. The number of unbranched alkanes of at least 4 members (excludes halogenated alkanes) is 1. The zero-order valence-corrected chi connectivity index (χ0v) is 9.87. The monoisotopic (exact) mass is 234 g/mol. The summed E-state index contributed by atoms with van der Waals surface area (Å²) in [5, 5.41) is 2.89. The van der Waals surface area contributed by atoms with Crippen LogP contribution in [0.25, 0.3) is 0 Å². The maximum absolute atomic E-state index is 11.2. The summed E-state index contributed by atoms with van der Waals surface area (Å²) in [5.74, 6) is 5.09. The minimum atomic E-state index is 0.116. The first-order valence-electron chi connectivity index (χ1n) is 6.03. The number of carbonyl (C=O) groups is 1. The summed E-state index contributed by atoms with van der Waals surface area (Å²) in [6.45, 7) is 0.612. The molecule has 0 atom stereocenters. The van der Waals surface area contributed by atoms with E-state index >= 15 is 0 Å². The second-order valence-corrected chi connectivity index (χ2v) is 4.37. The molecule has 92 valence electrons. The summed E-state index contributed by atoms with van der Waals surface area (Å²) < 4.78 is 0. The van der Waals surface area contributed by atoms with Crippen molar-refractivity contribution in [3.63, 3.8) is 0 Å². The van der Waals surface area contributed by atoms with Gasteiger partial charge < -0.3 is 10.2 Å². The number of carbonyl (C=O) groups excluding carboxylic acids is 1. The van der Waals surface area contributed by atoms with E-state index < -0.39 is 0 Å². The van der Waals surface area contributed by atoms with Gasteiger partial charge in [0.2, 0.25) is 5.91 Å². The van der Waals surface area contributed by atoms with Crippen molar-refractivity contribution in [1.29, 1.82) is 0 Å². The van der Waals surface area contributed by atoms with Gasteiger partial charge in [0.25, 0.3) is 0 Å². The predicted octanol–water partition coefficient (Wildman–Crippen LogP) is 1.78. The zero-order chi connectivity index (χ0) is 12.1. The van der Waals surface area contributed by atoms with Gasteiger partial charge in [-0.15, -0.1) is 0 Å².